The van der Waals surface area contributed by atoms with Gasteiger partial charge in [0.15, 0.2) is 0 Å². The summed E-state index contributed by atoms with van der Waals surface area (Å²) in [6, 6.07) is 15.3. The van der Waals surface area contributed by atoms with Crippen LogP contribution in [0, 0.1) is 5.92 Å². The minimum absolute atomic E-state index is 0.291. The fraction of sp³-hybridized carbons (Fsp3) is 0.238. The molecule has 4 rings (SSSR count). The van der Waals surface area contributed by atoms with Crippen molar-refractivity contribution in [1.82, 2.24) is 0 Å². The van der Waals surface area contributed by atoms with E-state index in [1.807, 2.05) is 6.07 Å². The molecule has 0 fully saturated rings. The molecule has 1 aliphatic heterocycles. The van der Waals surface area contributed by atoms with Crippen molar-refractivity contribution in [3.8, 4) is 5.75 Å². The number of para-hydroxylation sites is 1. The highest BCUT2D eigenvalue weighted by atomic mass is 79.9. The van der Waals surface area contributed by atoms with E-state index in [2.05, 4.69) is 76.4 Å². The van der Waals surface area contributed by atoms with Gasteiger partial charge in [-0.15, -0.1) is 0 Å². The monoisotopic (exact) mass is 381 g/mol. The van der Waals surface area contributed by atoms with Crippen molar-refractivity contribution in [3.05, 3.63) is 82.9 Å². The van der Waals surface area contributed by atoms with Gasteiger partial charge < -0.3 is 10.1 Å². The number of hydrogen-bond donors (Lipinski definition) is 1. The van der Waals surface area contributed by atoms with Gasteiger partial charge in [-0.2, -0.15) is 0 Å². The van der Waals surface area contributed by atoms with Crippen LogP contribution in [0.4, 0.5) is 5.69 Å². The molecule has 1 N–H and O–H groups in total. The summed E-state index contributed by atoms with van der Waals surface area (Å²) in [6.45, 7) is 4.27. The molecule has 0 radical (unpaired) electrons. The second-order valence-corrected chi connectivity index (χ2v) is 7.26. The van der Waals surface area contributed by atoms with Crippen LogP contribution in [-0.2, 0) is 0 Å². The third kappa shape index (κ3) is 2.67. The van der Waals surface area contributed by atoms with Gasteiger partial charge in [0.05, 0.1) is 11.7 Å². The van der Waals surface area contributed by atoms with E-state index in [9.17, 15) is 0 Å². The second-order valence-electron chi connectivity index (χ2n) is 6.35. The molecule has 2 aromatic rings. The van der Waals surface area contributed by atoms with Crippen LogP contribution in [-0.4, -0.2) is 6.61 Å². The number of halogens is 1. The number of fused-ring (bicyclic) bond motifs is 3. The van der Waals surface area contributed by atoms with Crippen LogP contribution >= 0.6 is 15.9 Å². The van der Waals surface area contributed by atoms with Crippen LogP contribution in [0.25, 0.3) is 0 Å². The van der Waals surface area contributed by atoms with E-state index >= 15 is 0 Å². The Morgan fingerprint density at radius 3 is 2.83 bits per heavy atom. The molecule has 0 saturated carbocycles. The predicted molar refractivity (Wildman–Crippen MR) is 103 cm³/mol. The molecule has 3 heteroatoms. The van der Waals surface area contributed by atoms with Crippen LogP contribution in [0.2, 0.25) is 0 Å². The number of allylic oxidation sites excluding steroid dienone is 2. The summed E-state index contributed by atoms with van der Waals surface area (Å²) in [5.41, 5.74) is 3.78. The maximum Gasteiger partial charge on any atom is 0.143 e. The minimum atomic E-state index is 0.291. The molecule has 3 unspecified atom stereocenters. The second kappa shape index (κ2) is 6.48. The Bertz CT molecular complexity index is 781. The van der Waals surface area contributed by atoms with Gasteiger partial charge in [0.1, 0.15) is 12.4 Å². The summed E-state index contributed by atoms with van der Waals surface area (Å²) >= 11 is 3.53. The summed E-state index contributed by atoms with van der Waals surface area (Å²) in [5, 5.41) is 3.77. The van der Waals surface area contributed by atoms with E-state index in [1.165, 1.54) is 11.1 Å². The van der Waals surface area contributed by atoms with E-state index in [0.717, 1.165) is 22.3 Å². The highest BCUT2D eigenvalue weighted by molar-refractivity contribution is 9.10. The molecule has 24 heavy (non-hydrogen) atoms. The van der Waals surface area contributed by atoms with E-state index in [4.69, 9.17) is 4.74 Å². The average Bonchev–Trinajstić information content (AvgIpc) is 3.10. The number of anilines is 1. The highest BCUT2D eigenvalue weighted by Crippen LogP contribution is 2.52. The van der Waals surface area contributed by atoms with Crippen molar-refractivity contribution in [2.45, 2.75) is 18.4 Å². The fourth-order valence-electron chi connectivity index (χ4n) is 3.86. The van der Waals surface area contributed by atoms with Crippen LogP contribution in [0.15, 0.2) is 71.7 Å². The lowest BCUT2D eigenvalue weighted by Gasteiger charge is -2.38. The van der Waals surface area contributed by atoms with Gasteiger partial charge >= 0.3 is 0 Å². The molecule has 1 heterocycles. The number of nitrogens with one attached hydrogen (secondary N) is 1. The Morgan fingerprint density at radius 1 is 1.21 bits per heavy atom. The SMILES string of the molecule is C=CCOc1cccc2c1NC(c1ccc(Br)cc1)C1CC=CC21. The highest BCUT2D eigenvalue weighted by Gasteiger charge is 2.38. The zero-order valence-corrected chi connectivity index (χ0v) is 15.0. The first-order valence-electron chi connectivity index (χ1n) is 8.33. The molecule has 0 aromatic heterocycles. The van der Waals surface area contributed by atoms with E-state index in [0.29, 0.717) is 24.5 Å². The Hall–Kier alpha value is -2.00. The van der Waals surface area contributed by atoms with E-state index in [-0.39, 0.29) is 0 Å². The molecule has 2 aliphatic rings. The van der Waals surface area contributed by atoms with E-state index in [1.54, 1.807) is 6.08 Å². The Balaban J connectivity index is 1.76. The average molecular weight is 382 g/mol. The Kier molecular flexibility index (Phi) is 4.19. The first kappa shape index (κ1) is 15.5. The van der Waals surface area contributed by atoms with E-state index < -0.39 is 0 Å². The molecular formula is C21H20BrNO. The number of rotatable bonds is 4. The lowest BCUT2D eigenvalue weighted by molar-refractivity contribution is 0.358. The molecular weight excluding hydrogens is 362 g/mol. The standard InChI is InChI=1S/C21H20BrNO/c1-2-13-24-19-8-4-7-18-16-5-3-6-17(16)20(23-21(18)19)14-9-11-15(22)12-10-14/h2-5,7-12,16-17,20,23H,1,6,13H2. The zero-order valence-electron chi connectivity index (χ0n) is 13.4. The molecule has 0 saturated heterocycles. The molecule has 1 aliphatic carbocycles. The normalized spacial score (nSPS) is 24.0. The Labute approximate surface area is 151 Å². The van der Waals surface area contributed by atoms with Crippen molar-refractivity contribution in [3.63, 3.8) is 0 Å². The first-order valence-corrected chi connectivity index (χ1v) is 9.12. The number of hydrogen-bond acceptors (Lipinski definition) is 2. The van der Waals surface area contributed by atoms with Gasteiger partial charge in [0.2, 0.25) is 0 Å². The van der Waals surface area contributed by atoms with Gasteiger partial charge in [-0.25, -0.2) is 0 Å². The smallest absolute Gasteiger partial charge is 0.143 e. The van der Waals surface area contributed by atoms with Gasteiger partial charge in [0.25, 0.3) is 0 Å². The summed E-state index contributed by atoms with van der Waals surface area (Å²) in [6.07, 6.45) is 7.56. The van der Waals surface area contributed by atoms with Crippen molar-refractivity contribution in [2.75, 3.05) is 11.9 Å². The quantitative estimate of drug-likeness (QED) is 0.671. The van der Waals surface area contributed by atoms with Crippen LogP contribution in [0.3, 0.4) is 0 Å². The minimum Gasteiger partial charge on any atom is -0.487 e. The van der Waals surface area contributed by atoms with Crippen molar-refractivity contribution in [1.29, 1.82) is 0 Å². The molecule has 0 spiro atoms. The maximum absolute atomic E-state index is 5.89. The zero-order chi connectivity index (χ0) is 16.5. The summed E-state index contributed by atoms with van der Waals surface area (Å²) < 4.78 is 7.00. The predicted octanol–water partition coefficient (Wildman–Crippen LogP) is 5.84. The van der Waals surface area contributed by atoms with Gasteiger partial charge in [-0.1, -0.05) is 65.0 Å². The van der Waals surface area contributed by atoms with Crippen LogP contribution in [0.5, 0.6) is 5.75 Å². The lowest BCUT2D eigenvalue weighted by atomic mass is 9.77. The number of benzene rings is 2. The van der Waals surface area contributed by atoms with Crippen molar-refractivity contribution in [2.24, 2.45) is 5.92 Å². The topological polar surface area (TPSA) is 21.3 Å². The fourth-order valence-corrected chi connectivity index (χ4v) is 4.13. The lowest BCUT2D eigenvalue weighted by Crippen LogP contribution is -2.29. The largest absolute Gasteiger partial charge is 0.487 e. The maximum atomic E-state index is 5.89. The molecule has 0 bridgehead atoms. The van der Waals surface area contributed by atoms with Crippen molar-refractivity contribution >= 4 is 21.6 Å². The molecule has 0 amide bonds. The van der Waals surface area contributed by atoms with Gasteiger partial charge in [0, 0.05) is 10.4 Å². The summed E-state index contributed by atoms with van der Waals surface area (Å²) in [5.74, 6) is 1.91. The third-order valence-electron chi connectivity index (χ3n) is 4.94. The summed E-state index contributed by atoms with van der Waals surface area (Å²) in [7, 11) is 0. The molecule has 2 nitrogen and oxygen atoms in total. The Morgan fingerprint density at radius 2 is 2.04 bits per heavy atom. The van der Waals surface area contributed by atoms with Gasteiger partial charge in [-0.3, -0.25) is 0 Å². The summed E-state index contributed by atoms with van der Waals surface area (Å²) in [4.78, 5) is 0. The molecule has 2 aromatic carbocycles. The van der Waals surface area contributed by atoms with Crippen LogP contribution < -0.4 is 10.1 Å². The first-order chi connectivity index (χ1) is 11.8. The van der Waals surface area contributed by atoms with Gasteiger partial charge in [-0.05, 0) is 41.7 Å². The van der Waals surface area contributed by atoms with Crippen molar-refractivity contribution < 1.29 is 4.74 Å². The van der Waals surface area contributed by atoms with Crippen LogP contribution in [0.1, 0.15) is 29.5 Å². The molecule has 3 atom stereocenters. The third-order valence-corrected chi connectivity index (χ3v) is 5.47. The number of ether oxygens (including phenoxy) is 1. The molecule has 122 valence electrons.